The van der Waals surface area contributed by atoms with Crippen molar-refractivity contribution >= 4 is 17.2 Å². The van der Waals surface area contributed by atoms with Gasteiger partial charge in [0.25, 0.3) is 0 Å². The third-order valence-electron chi connectivity index (χ3n) is 3.47. The van der Waals surface area contributed by atoms with Crippen LogP contribution in [0.2, 0.25) is 0 Å². The summed E-state index contributed by atoms with van der Waals surface area (Å²) in [4.78, 5) is 15.8. The van der Waals surface area contributed by atoms with Crippen molar-refractivity contribution < 1.29 is 4.79 Å². The van der Waals surface area contributed by atoms with E-state index >= 15 is 0 Å². The van der Waals surface area contributed by atoms with Gasteiger partial charge in [-0.05, 0) is 23.8 Å². The second-order valence-corrected chi connectivity index (χ2v) is 6.64. The Balaban J connectivity index is 2.13. The van der Waals surface area contributed by atoms with Crippen LogP contribution in [0, 0.1) is 5.92 Å². The van der Waals surface area contributed by atoms with Gasteiger partial charge in [0.15, 0.2) is 0 Å². The second-order valence-electron chi connectivity index (χ2n) is 5.66. The predicted octanol–water partition coefficient (Wildman–Crippen LogP) is 3.39. The first-order chi connectivity index (χ1) is 9.13. The number of nitrogens with one attached hydrogen (secondary N) is 1. The Morgan fingerprint density at radius 2 is 2.26 bits per heavy atom. The molecule has 2 unspecified atom stereocenters. The highest BCUT2D eigenvalue weighted by Gasteiger charge is 2.39. The Bertz CT molecular complexity index is 402. The Hall–Kier alpha value is -0.870. The van der Waals surface area contributed by atoms with Crippen LogP contribution in [0.25, 0.3) is 0 Å². The summed E-state index contributed by atoms with van der Waals surface area (Å²) in [6.07, 6.45) is 3.28. The number of rotatable bonds is 6. The number of carbonyl (C=O) groups is 1. The molecule has 0 bridgehead atoms. The highest BCUT2D eigenvalue weighted by atomic mass is 32.1. The van der Waals surface area contributed by atoms with E-state index in [0.717, 1.165) is 25.8 Å². The highest BCUT2D eigenvalue weighted by molar-refractivity contribution is 7.10. The molecule has 19 heavy (non-hydrogen) atoms. The minimum Gasteiger partial charge on any atom is -0.320 e. The molecule has 2 atom stereocenters. The zero-order valence-corrected chi connectivity index (χ0v) is 12.9. The molecule has 0 spiro atoms. The lowest BCUT2D eigenvalue weighted by Crippen LogP contribution is -2.33. The van der Waals surface area contributed by atoms with Crippen molar-refractivity contribution in [3.63, 3.8) is 0 Å². The van der Waals surface area contributed by atoms with E-state index in [4.69, 9.17) is 0 Å². The van der Waals surface area contributed by atoms with Gasteiger partial charge in [0.1, 0.15) is 6.17 Å². The van der Waals surface area contributed by atoms with Gasteiger partial charge in [-0.3, -0.25) is 10.1 Å². The third-order valence-corrected chi connectivity index (χ3v) is 4.40. The first kappa shape index (κ1) is 14.5. The van der Waals surface area contributed by atoms with Gasteiger partial charge in [-0.1, -0.05) is 39.7 Å². The number of unbranched alkanes of at least 4 members (excludes halogenated alkanes) is 1. The molecule has 4 heteroatoms. The van der Waals surface area contributed by atoms with E-state index in [1.54, 1.807) is 11.3 Å². The molecule has 1 fully saturated rings. The van der Waals surface area contributed by atoms with Crippen LogP contribution in [0.15, 0.2) is 17.5 Å². The fraction of sp³-hybridized carbons (Fsp3) is 0.667. The molecule has 1 aromatic rings. The molecule has 0 aliphatic carbocycles. The molecule has 1 aliphatic heterocycles. The first-order valence-electron chi connectivity index (χ1n) is 7.23. The van der Waals surface area contributed by atoms with Crippen molar-refractivity contribution in [3.8, 4) is 0 Å². The van der Waals surface area contributed by atoms with Crippen molar-refractivity contribution in [3.05, 3.63) is 22.4 Å². The third kappa shape index (κ3) is 3.37. The van der Waals surface area contributed by atoms with E-state index in [9.17, 15) is 4.79 Å². The summed E-state index contributed by atoms with van der Waals surface area (Å²) in [5, 5.41) is 5.60. The monoisotopic (exact) mass is 280 g/mol. The summed E-state index contributed by atoms with van der Waals surface area (Å²) < 4.78 is 0. The van der Waals surface area contributed by atoms with E-state index in [1.807, 2.05) is 4.90 Å². The Labute approximate surface area is 120 Å². The largest absolute Gasteiger partial charge is 0.320 e. The number of nitrogens with zero attached hydrogens (tertiary/aromatic N) is 1. The standard InChI is InChI=1S/C15H24N2OS/c1-4-5-7-12-15(18)17(10-11(2)3)14(16-12)13-8-6-9-19-13/h6,8-9,11-12,14,16H,4-5,7,10H2,1-3H3. The molecule has 0 saturated carbocycles. The average molecular weight is 280 g/mol. The summed E-state index contributed by atoms with van der Waals surface area (Å²) in [5.41, 5.74) is 0. The minimum absolute atomic E-state index is 0.00537. The van der Waals surface area contributed by atoms with Crippen molar-refractivity contribution in [2.24, 2.45) is 5.92 Å². The zero-order valence-electron chi connectivity index (χ0n) is 12.1. The fourth-order valence-electron chi connectivity index (χ4n) is 2.57. The molecule has 3 nitrogen and oxygen atoms in total. The SMILES string of the molecule is CCCCC1NC(c2cccs2)N(CC(C)C)C1=O. The summed E-state index contributed by atoms with van der Waals surface area (Å²) in [5.74, 6) is 0.777. The lowest BCUT2D eigenvalue weighted by atomic mass is 10.1. The molecule has 1 saturated heterocycles. The van der Waals surface area contributed by atoms with Crippen molar-refractivity contribution in [2.45, 2.75) is 52.2 Å². The van der Waals surface area contributed by atoms with Gasteiger partial charge in [-0.25, -0.2) is 0 Å². The summed E-state index contributed by atoms with van der Waals surface area (Å²) in [6, 6.07) is 4.18. The van der Waals surface area contributed by atoms with Crippen molar-refractivity contribution in [1.29, 1.82) is 0 Å². The molecular weight excluding hydrogens is 256 g/mol. The molecule has 106 valence electrons. The lowest BCUT2D eigenvalue weighted by Gasteiger charge is -2.25. The number of thiophene rings is 1. The number of hydrogen-bond donors (Lipinski definition) is 1. The molecule has 1 aromatic heterocycles. The number of amides is 1. The van der Waals surface area contributed by atoms with Gasteiger partial charge in [-0.15, -0.1) is 11.3 Å². The van der Waals surface area contributed by atoms with Crippen LogP contribution in [0.4, 0.5) is 0 Å². The van der Waals surface area contributed by atoms with Gasteiger partial charge in [-0.2, -0.15) is 0 Å². The molecule has 1 aliphatic rings. The van der Waals surface area contributed by atoms with Gasteiger partial charge in [0.2, 0.25) is 5.91 Å². The highest BCUT2D eigenvalue weighted by Crippen LogP contribution is 2.30. The van der Waals surface area contributed by atoms with Gasteiger partial charge in [0.05, 0.1) is 6.04 Å². The predicted molar refractivity (Wildman–Crippen MR) is 80.1 cm³/mol. The minimum atomic E-state index is 0.00537. The quantitative estimate of drug-likeness (QED) is 0.866. The van der Waals surface area contributed by atoms with E-state index < -0.39 is 0 Å². The molecule has 1 N–H and O–H groups in total. The number of hydrogen-bond acceptors (Lipinski definition) is 3. The molecule has 0 radical (unpaired) electrons. The maximum atomic E-state index is 12.5. The van der Waals surface area contributed by atoms with Crippen LogP contribution in [0.3, 0.4) is 0 Å². The molecule has 1 amide bonds. The van der Waals surface area contributed by atoms with Crippen LogP contribution in [0.5, 0.6) is 0 Å². The molecule has 2 rings (SSSR count). The Kier molecular flexibility index (Phi) is 4.99. The normalized spacial score (nSPS) is 23.6. The van der Waals surface area contributed by atoms with Gasteiger partial charge in [0, 0.05) is 11.4 Å². The zero-order chi connectivity index (χ0) is 13.8. The topological polar surface area (TPSA) is 32.3 Å². The number of carbonyl (C=O) groups excluding carboxylic acids is 1. The first-order valence-corrected chi connectivity index (χ1v) is 8.11. The van der Waals surface area contributed by atoms with Gasteiger partial charge >= 0.3 is 0 Å². The maximum Gasteiger partial charge on any atom is 0.241 e. The van der Waals surface area contributed by atoms with Gasteiger partial charge < -0.3 is 4.90 Å². The molecular formula is C15H24N2OS. The summed E-state index contributed by atoms with van der Waals surface area (Å²) in [7, 11) is 0. The Morgan fingerprint density at radius 3 is 2.84 bits per heavy atom. The van der Waals surface area contributed by atoms with Crippen LogP contribution in [0.1, 0.15) is 51.1 Å². The molecule has 0 aromatic carbocycles. The van der Waals surface area contributed by atoms with Crippen molar-refractivity contribution in [1.82, 2.24) is 10.2 Å². The van der Waals surface area contributed by atoms with Crippen LogP contribution < -0.4 is 5.32 Å². The van der Waals surface area contributed by atoms with E-state index in [-0.39, 0.29) is 18.1 Å². The van der Waals surface area contributed by atoms with E-state index in [2.05, 4.69) is 43.6 Å². The Morgan fingerprint density at radius 1 is 1.47 bits per heavy atom. The molecule has 2 heterocycles. The van der Waals surface area contributed by atoms with Crippen molar-refractivity contribution in [2.75, 3.05) is 6.54 Å². The summed E-state index contributed by atoms with van der Waals surface area (Å²) in [6.45, 7) is 7.33. The van der Waals surface area contributed by atoms with E-state index in [1.165, 1.54) is 4.88 Å². The smallest absolute Gasteiger partial charge is 0.241 e. The average Bonchev–Trinajstić information content (AvgIpc) is 2.97. The summed E-state index contributed by atoms with van der Waals surface area (Å²) >= 11 is 1.72. The maximum absolute atomic E-state index is 12.5. The van der Waals surface area contributed by atoms with Crippen LogP contribution >= 0.6 is 11.3 Å². The van der Waals surface area contributed by atoms with Crippen LogP contribution in [-0.2, 0) is 4.79 Å². The van der Waals surface area contributed by atoms with Crippen LogP contribution in [-0.4, -0.2) is 23.4 Å². The van der Waals surface area contributed by atoms with E-state index in [0.29, 0.717) is 5.92 Å². The lowest BCUT2D eigenvalue weighted by molar-refractivity contribution is -0.130. The second kappa shape index (κ2) is 6.53. The fourth-order valence-corrected chi connectivity index (χ4v) is 3.36.